The summed E-state index contributed by atoms with van der Waals surface area (Å²) in [6, 6.07) is -0.681. The second-order valence-electron chi connectivity index (χ2n) is 6.75. The zero-order chi connectivity index (χ0) is 20.6. The molecule has 1 rings (SSSR count). The summed E-state index contributed by atoms with van der Waals surface area (Å²) in [6.45, 7) is 11.6. The summed E-state index contributed by atoms with van der Waals surface area (Å²) < 4.78 is 5.46. The topological polar surface area (TPSA) is 102 Å². The Hall–Kier alpha value is -2.57. The van der Waals surface area contributed by atoms with Gasteiger partial charge >= 0.3 is 0 Å². The van der Waals surface area contributed by atoms with Crippen molar-refractivity contribution in [3.05, 3.63) is 35.8 Å². The van der Waals surface area contributed by atoms with E-state index in [2.05, 4.69) is 11.9 Å². The molecule has 1 atom stereocenters. The number of hydrogen-bond acceptors (Lipinski definition) is 5. The first-order valence-electron chi connectivity index (χ1n) is 9.35. The van der Waals surface area contributed by atoms with Crippen LogP contribution in [-0.2, 0) is 19.1 Å². The molecular weight excluding hydrogens is 346 g/mol. The fraction of sp³-hybridized carbons (Fsp3) is 0.550. The van der Waals surface area contributed by atoms with Crippen LogP contribution >= 0.6 is 0 Å². The smallest absolute Gasteiger partial charge is 0.256 e. The number of piperidine rings is 1. The molecule has 0 aromatic heterocycles. The van der Waals surface area contributed by atoms with Crippen LogP contribution in [0.25, 0.3) is 0 Å². The highest BCUT2D eigenvalue weighted by Crippen LogP contribution is 2.19. The molecule has 3 N–H and O–H groups in total. The first-order chi connectivity index (χ1) is 12.7. The Balaban J connectivity index is 3.07. The standard InChI is InChI=1S/C20H31N3O4/c1-6-8-11-23(17-9-10-18(24)22-19(17)25)20(26)15(7-2)16(21)12-14(5)27-13(3)4/h7,12-13,17H,5-6,8-11,21H2,1-4H3,(H,22,24,25)/b15-7+,16-12+. The van der Waals surface area contributed by atoms with Gasteiger partial charge in [-0.05, 0) is 33.6 Å². The number of rotatable bonds is 9. The molecule has 1 unspecified atom stereocenters. The number of unbranched alkanes of at least 4 members (excludes halogenated alkanes) is 1. The molecule has 0 saturated carbocycles. The van der Waals surface area contributed by atoms with Crippen molar-refractivity contribution in [3.63, 3.8) is 0 Å². The molecule has 1 aliphatic rings. The average Bonchev–Trinajstić information content (AvgIpc) is 2.56. The van der Waals surface area contributed by atoms with E-state index in [-0.39, 0.29) is 35.6 Å². The lowest BCUT2D eigenvalue weighted by Gasteiger charge is -2.33. The molecule has 27 heavy (non-hydrogen) atoms. The number of imide groups is 1. The maximum atomic E-state index is 13.2. The predicted octanol–water partition coefficient (Wildman–Crippen LogP) is 2.15. The molecule has 1 aliphatic heterocycles. The second-order valence-corrected chi connectivity index (χ2v) is 6.75. The molecule has 7 heteroatoms. The van der Waals surface area contributed by atoms with Crippen molar-refractivity contribution in [2.45, 2.75) is 65.5 Å². The third kappa shape index (κ3) is 6.58. The van der Waals surface area contributed by atoms with E-state index in [4.69, 9.17) is 10.5 Å². The highest BCUT2D eigenvalue weighted by atomic mass is 16.5. The van der Waals surface area contributed by atoms with Crippen LogP contribution in [0.2, 0.25) is 0 Å². The highest BCUT2D eigenvalue weighted by Gasteiger charge is 2.35. The molecule has 0 aromatic rings. The zero-order valence-corrected chi connectivity index (χ0v) is 16.7. The number of carbonyl (C=O) groups is 3. The Bertz CT molecular complexity index is 650. The number of nitrogens with zero attached hydrogens (tertiary/aromatic N) is 1. The van der Waals surface area contributed by atoms with E-state index in [1.165, 1.54) is 11.0 Å². The summed E-state index contributed by atoms with van der Waals surface area (Å²) in [5.74, 6) is -0.740. The van der Waals surface area contributed by atoms with Gasteiger partial charge in [0, 0.05) is 24.7 Å². The lowest BCUT2D eigenvalue weighted by atomic mass is 10.0. The second kappa shape index (κ2) is 10.5. The molecule has 3 amide bonds. The number of nitrogens with one attached hydrogen (secondary N) is 1. The Morgan fingerprint density at radius 3 is 2.63 bits per heavy atom. The van der Waals surface area contributed by atoms with Crippen molar-refractivity contribution < 1.29 is 19.1 Å². The monoisotopic (exact) mass is 377 g/mol. The minimum atomic E-state index is -0.681. The van der Waals surface area contributed by atoms with Crippen LogP contribution in [0.5, 0.6) is 0 Å². The molecule has 0 aliphatic carbocycles. The van der Waals surface area contributed by atoms with Gasteiger partial charge < -0.3 is 15.4 Å². The van der Waals surface area contributed by atoms with Gasteiger partial charge in [-0.2, -0.15) is 0 Å². The van der Waals surface area contributed by atoms with Crippen molar-refractivity contribution in [2.24, 2.45) is 5.73 Å². The minimum Gasteiger partial charge on any atom is -0.492 e. The fourth-order valence-electron chi connectivity index (χ4n) is 2.86. The van der Waals surface area contributed by atoms with Gasteiger partial charge in [-0.1, -0.05) is 26.0 Å². The third-order valence-electron chi connectivity index (χ3n) is 4.13. The number of ether oxygens (including phenoxy) is 1. The number of carbonyl (C=O) groups excluding carboxylic acids is 3. The van der Waals surface area contributed by atoms with Gasteiger partial charge in [-0.15, -0.1) is 0 Å². The minimum absolute atomic E-state index is 0.0594. The van der Waals surface area contributed by atoms with Crippen molar-refractivity contribution in [1.29, 1.82) is 0 Å². The number of amides is 3. The Morgan fingerprint density at radius 2 is 2.11 bits per heavy atom. The largest absolute Gasteiger partial charge is 0.492 e. The maximum Gasteiger partial charge on any atom is 0.256 e. The summed E-state index contributed by atoms with van der Waals surface area (Å²) >= 11 is 0. The SMILES string of the molecule is C=C(/C=C(N)\C(=C/C)C(=O)N(CCCC)C1CCC(=O)NC1=O)OC(C)C. The van der Waals surface area contributed by atoms with E-state index in [1.54, 1.807) is 13.0 Å². The van der Waals surface area contributed by atoms with Crippen LogP contribution in [0.15, 0.2) is 35.8 Å². The van der Waals surface area contributed by atoms with E-state index in [0.29, 0.717) is 18.7 Å². The van der Waals surface area contributed by atoms with Crippen molar-refractivity contribution in [1.82, 2.24) is 10.2 Å². The molecule has 0 aromatic carbocycles. The quantitative estimate of drug-likeness (QED) is 0.277. The van der Waals surface area contributed by atoms with Crippen molar-refractivity contribution in [2.75, 3.05) is 6.54 Å². The highest BCUT2D eigenvalue weighted by molar-refractivity contribution is 6.04. The summed E-state index contributed by atoms with van der Waals surface area (Å²) in [5.41, 5.74) is 6.61. The molecule has 1 fully saturated rings. The van der Waals surface area contributed by atoms with Crippen molar-refractivity contribution in [3.8, 4) is 0 Å². The fourth-order valence-corrected chi connectivity index (χ4v) is 2.86. The van der Waals surface area contributed by atoms with E-state index >= 15 is 0 Å². The van der Waals surface area contributed by atoms with E-state index in [0.717, 1.165) is 12.8 Å². The van der Waals surface area contributed by atoms with Crippen molar-refractivity contribution >= 4 is 17.7 Å². The first-order valence-corrected chi connectivity index (χ1v) is 9.35. The molecule has 0 bridgehead atoms. The van der Waals surface area contributed by atoms with Crippen LogP contribution in [-0.4, -0.2) is 41.3 Å². The van der Waals surface area contributed by atoms with Gasteiger partial charge in [0.2, 0.25) is 11.8 Å². The summed E-state index contributed by atoms with van der Waals surface area (Å²) in [6.07, 6.45) is 5.19. The normalized spacial score (nSPS) is 18.3. The molecule has 1 saturated heterocycles. The summed E-state index contributed by atoms with van der Waals surface area (Å²) in [4.78, 5) is 38.4. The van der Waals surface area contributed by atoms with Crippen LogP contribution in [0.4, 0.5) is 0 Å². The summed E-state index contributed by atoms with van der Waals surface area (Å²) in [7, 11) is 0. The van der Waals surface area contributed by atoms with E-state index in [1.807, 2.05) is 20.8 Å². The molecule has 1 heterocycles. The molecular formula is C20H31N3O4. The third-order valence-corrected chi connectivity index (χ3v) is 4.13. The lowest BCUT2D eigenvalue weighted by molar-refractivity contribution is -0.144. The number of hydrogen-bond donors (Lipinski definition) is 2. The molecule has 0 spiro atoms. The maximum absolute atomic E-state index is 13.2. The van der Waals surface area contributed by atoms with Gasteiger partial charge in [0.05, 0.1) is 11.7 Å². The Labute approximate surface area is 161 Å². The molecule has 0 radical (unpaired) electrons. The van der Waals surface area contributed by atoms with Gasteiger partial charge in [-0.25, -0.2) is 0 Å². The number of allylic oxidation sites excluding steroid dienone is 2. The van der Waals surface area contributed by atoms with E-state index < -0.39 is 11.9 Å². The first kappa shape index (κ1) is 22.5. The van der Waals surface area contributed by atoms with Crippen LogP contribution in [0, 0.1) is 0 Å². The number of nitrogens with two attached hydrogens (primary N) is 1. The predicted molar refractivity (Wildman–Crippen MR) is 104 cm³/mol. The van der Waals surface area contributed by atoms with Gasteiger partial charge in [0.15, 0.2) is 0 Å². The van der Waals surface area contributed by atoms with Gasteiger partial charge in [0.1, 0.15) is 11.8 Å². The Morgan fingerprint density at radius 1 is 1.44 bits per heavy atom. The van der Waals surface area contributed by atoms with Crippen LogP contribution in [0.3, 0.4) is 0 Å². The zero-order valence-electron chi connectivity index (χ0n) is 16.7. The van der Waals surface area contributed by atoms with Crippen LogP contribution < -0.4 is 11.1 Å². The summed E-state index contributed by atoms with van der Waals surface area (Å²) in [5, 5.41) is 2.31. The Kier molecular flexibility index (Phi) is 8.78. The van der Waals surface area contributed by atoms with E-state index in [9.17, 15) is 14.4 Å². The van der Waals surface area contributed by atoms with Gasteiger partial charge in [-0.3, -0.25) is 19.7 Å². The molecule has 7 nitrogen and oxygen atoms in total. The molecule has 150 valence electrons. The average molecular weight is 377 g/mol. The van der Waals surface area contributed by atoms with Crippen LogP contribution in [0.1, 0.15) is 53.4 Å². The lowest BCUT2D eigenvalue weighted by Crippen LogP contribution is -2.55. The van der Waals surface area contributed by atoms with Gasteiger partial charge in [0.25, 0.3) is 5.91 Å².